The molecule has 1 atom stereocenters. The quantitative estimate of drug-likeness (QED) is 0.776. The first-order valence-corrected chi connectivity index (χ1v) is 5.87. The Bertz CT molecular complexity index is 433. The van der Waals surface area contributed by atoms with Crippen molar-refractivity contribution in [2.45, 2.75) is 25.8 Å². The van der Waals surface area contributed by atoms with Crippen LogP contribution in [0.5, 0.6) is 0 Å². The van der Waals surface area contributed by atoms with Gasteiger partial charge in [0, 0.05) is 19.7 Å². The molecule has 0 amide bonds. The lowest BCUT2D eigenvalue weighted by Crippen LogP contribution is -2.24. The summed E-state index contributed by atoms with van der Waals surface area (Å²) >= 11 is 0. The number of H-pyrrole nitrogens is 1. The smallest absolute Gasteiger partial charge is 0.0997 e. The van der Waals surface area contributed by atoms with Crippen LogP contribution in [0.4, 0.5) is 0 Å². The van der Waals surface area contributed by atoms with Gasteiger partial charge in [0.15, 0.2) is 0 Å². The van der Waals surface area contributed by atoms with Crippen molar-refractivity contribution in [3.05, 3.63) is 29.8 Å². The Hall–Kier alpha value is -1.69. The van der Waals surface area contributed by atoms with Gasteiger partial charge < -0.3 is 5.32 Å². The highest BCUT2D eigenvalue weighted by Crippen LogP contribution is 2.14. The van der Waals surface area contributed by atoms with Crippen LogP contribution in [0, 0.1) is 0 Å². The van der Waals surface area contributed by atoms with Gasteiger partial charge >= 0.3 is 0 Å². The Morgan fingerprint density at radius 2 is 2.41 bits per heavy atom. The highest BCUT2D eigenvalue weighted by atomic mass is 15.3. The van der Waals surface area contributed by atoms with Crippen LogP contribution >= 0.6 is 0 Å². The Morgan fingerprint density at radius 1 is 1.53 bits per heavy atom. The highest BCUT2D eigenvalue weighted by molar-refractivity contribution is 5.08. The van der Waals surface area contributed by atoms with E-state index in [4.69, 9.17) is 0 Å². The lowest BCUT2D eigenvalue weighted by atomic mass is 10.1. The predicted molar refractivity (Wildman–Crippen MR) is 64.3 cm³/mol. The second-order valence-electron chi connectivity index (χ2n) is 4.09. The van der Waals surface area contributed by atoms with E-state index < -0.39 is 0 Å². The molecule has 17 heavy (non-hydrogen) atoms. The van der Waals surface area contributed by atoms with E-state index in [0.29, 0.717) is 0 Å². The van der Waals surface area contributed by atoms with E-state index in [1.165, 1.54) is 0 Å². The molecule has 0 aliphatic carbocycles. The molecule has 0 radical (unpaired) electrons. The number of hydrogen-bond acceptors (Lipinski definition) is 4. The van der Waals surface area contributed by atoms with Crippen molar-refractivity contribution >= 4 is 0 Å². The molecule has 2 aromatic rings. The molecule has 2 rings (SSSR count). The predicted octanol–water partition coefficient (Wildman–Crippen LogP) is 0.822. The molecule has 0 aromatic carbocycles. The van der Waals surface area contributed by atoms with Crippen LogP contribution < -0.4 is 5.32 Å². The van der Waals surface area contributed by atoms with Gasteiger partial charge in [0.25, 0.3) is 0 Å². The molecule has 92 valence electrons. The fourth-order valence-electron chi connectivity index (χ4n) is 1.76. The third-order valence-corrected chi connectivity index (χ3v) is 2.61. The minimum absolute atomic E-state index is 0.170. The summed E-state index contributed by atoms with van der Waals surface area (Å²) < 4.78 is 1.81. The van der Waals surface area contributed by atoms with Crippen molar-refractivity contribution in [1.29, 1.82) is 0 Å². The van der Waals surface area contributed by atoms with Crippen molar-refractivity contribution in [3.63, 3.8) is 0 Å². The SMILES string of the molecule is CCCNC(Cc1ccn(C)n1)c1cn[nH]n1. The fraction of sp³-hybridized carbons (Fsp3) is 0.545. The maximum absolute atomic E-state index is 4.39. The van der Waals surface area contributed by atoms with E-state index in [1.54, 1.807) is 6.20 Å². The van der Waals surface area contributed by atoms with Crippen LogP contribution in [0.3, 0.4) is 0 Å². The Balaban J connectivity index is 2.05. The number of rotatable bonds is 6. The number of aromatic nitrogens is 5. The summed E-state index contributed by atoms with van der Waals surface area (Å²) in [5.74, 6) is 0. The van der Waals surface area contributed by atoms with Gasteiger partial charge in [-0.15, -0.1) is 0 Å². The first-order valence-electron chi connectivity index (χ1n) is 5.87. The van der Waals surface area contributed by atoms with Gasteiger partial charge in [-0.3, -0.25) is 4.68 Å². The van der Waals surface area contributed by atoms with E-state index in [-0.39, 0.29) is 6.04 Å². The maximum atomic E-state index is 4.39. The van der Waals surface area contributed by atoms with Crippen molar-refractivity contribution in [1.82, 2.24) is 30.5 Å². The summed E-state index contributed by atoms with van der Waals surface area (Å²) in [7, 11) is 1.92. The van der Waals surface area contributed by atoms with E-state index in [2.05, 4.69) is 32.7 Å². The monoisotopic (exact) mass is 234 g/mol. The molecule has 0 spiro atoms. The molecule has 0 bridgehead atoms. The molecule has 2 N–H and O–H groups in total. The van der Waals surface area contributed by atoms with E-state index in [9.17, 15) is 0 Å². The summed E-state index contributed by atoms with van der Waals surface area (Å²) in [6.07, 6.45) is 5.63. The molecular formula is C11H18N6. The summed E-state index contributed by atoms with van der Waals surface area (Å²) in [5, 5.41) is 18.5. The Labute approximate surface area is 100 Å². The maximum Gasteiger partial charge on any atom is 0.0997 e. The Kier molecular flexibility index (Phi) is 3.87. The summed E-state index contributed by atoms with van der Waals surface area (Å²) in [6.45, 7) is 3.11. The van der Waals surface area contributed by atoms with Crippen molar-refractivity contribution in [2.24, 2.45) is 7.05 Å². The van der Waals surface area contributed by atoms with Crippen LogP contribution in [0.2, 0.25) is 0 Å². The van der Waals surface area contributed by atoms with E-state index >= 15 is 0 Å². The molecule has 2 heterocycles. The van der Waals surface area contributed by atoms with Gasteiger partial charge in [0.2, 0.25) is 0 Å². The van der Waals surface area contributed by atoms with Crippen LogP contribution in [0.15, 0.2) is 18.5 Å². The Morgan fingerprint density at radius 3 is 3.00 bits per heavy atom. The molecule has 0 aliphatic rings. The van der Waals surface area contributed by atoms with Crippen LogP contribution in [0.25, 0.3) is 0 Å². The van der Waals surface area contributed by atoms with Gasteiger partial charge in [-0.2, -0.15) is 20.5 Å². The molecule has 1 unspecified atom stereocenters. The van der Waals surface area contributed by atoms with Gasteiger partial charge in [-0.1, -0.05) is 6.92 Å². The van der Waals surface area contributed by atoms with Crippen LogP contribution in [-0.4, -0.2) is 31.7 Å². The first kappa shape index (κ1) is 11.8. The van der Waals surface area contributed by atoms with E-state index in [0.717, 1.165) is 30.8 Å². The minimum atomic E-state index is 0.170. The largest absolute Gasteiger partial charge is 0.308 e. The van der Waals surface area contributed by atoms with E-state index in [1.807, 2.05) is 24.0 Å². The number of nitrogens with zero attached hydrogens (tertiary/aromatic N) is 4. The minimum Gasteiger partial charge on any atom is -0.308 e. The second-order valence-corrected chi connectivity index (χ2v) is 4.09. The average Bonchev–Trinajstić information content (AvgIpc) is 2.95. The highest BCUT2D eigenvalue weighted by Gasteiger charge is 2.15. The summed E-state index contributed by atoms with van der Waals surface area (Å²) in [5.41, 5.74) is 1.99. The van der Waals surface area contributed by atoms with Crippen LogP contribution in [0.1, 0.15) is 30.8 Å². The zero-order chi connectivity index (χ0) is 12.1. The van der Waals surface area contributed by atoms with Crippen molar-refractivity contribution in [2.75, 3.05) is 6.54 Å². The van der Waals surface area contributed by atoms with Crippen molar-refractivity contribution < 1.29 is 0 Å². The fourth-order valence-corrected chi connectivity index (χ4v) is 1.76. The lowest BCUT2D eigenvalue weighted by molar-refractivity contribution is 0.509. The van der Waals surface area contributed by atoms with Crippen LogP contribution in [-0.2, 0) is 13.5 Å². The first-order chi connectivity index (χ1) is 8.29. The number of aryl methyl sites for hydroxylation is 1. The second kappa shape index (κ2) is 5.58. The average molecular weight is 234 g/mol. The molecule has 0 fully saturated rings. The third kappa shape index (κ3) is 3.13. The number of hydrogen-bond donors (Lipinski definition) is 2. The molecule has 6 heteroatoms. The molecular weight excluding hydrogens is 216 g/mol. The molecule has 0 saturated carbocycles. The topological polar surface area (TPSA) is 71.4 Å². The number of aromatic amines is 1. The third-order valence-electron chi connectivity index (χ3n) is 2.61. The molecule has 0 aliphatic heterocycles. The molecule has 2 aromatic heterocycles. The summed E-state index contributed by atoms with van der Waals surface area (Å²) in [4.78, 5) is 0. The van der Waals surface area contributed by atoms with Gasteiger partial charge in [-0.05, 0) is 19.0 Å². The zero-order valence-electron chi connectivity index (χ0n) is 10.2. The number of nitrogens with one attached hydrogen (secondary N) is 2. The van der Waals surface area contributed by atoms with Gasteiger partial charge in [0.05, 0.1) is 23.6 Å². The normalized spacial score (nSPS) is 12.8. The van der Waals surface area contributed by atoms with Gasteiger partial charge in [-0.25, -0.2) is 0 Å². The van der Waals surface area contributed by atoms with Gasteiger partial charge in [0.1, 0.15) is 0 Å². The lowest BCUT2D eigenvalue weighted by Gasteiger charge is -2.14. The molecule has 6 nitrogen and oxygen atoms in total. The standard InChI is InChI=1S/C11H18N6/c1-3-5-12-10(11-8-13-16-14-11)7-9-4-6-17(2)15-9/h4,6,8,10,12H,3,5,7H2,1-2H3,(H,13,14,16). The molecule has 0 saturated heterocycles. The van der Waals surface area contributed by atoms with Crippen molar-refractivity contribution in [3.8, 4) is 0 Å². The summed E-state index contributed by atoms with van der Waals surface area (Å²) in [6, 6.07) is 2.20. The zero-order valence-corrected chi connectivity index (χ0v) is 10.2.